The Kier molecular flexibility index (Phi) is 3.85. The molecule has 2 N–H and O–H groups in total. The highest BCUT2D eigenvalue weighted by Gasteiger charge is 2.14. The van der Waals surface area contributed by atoms with E-state index < -0.39 is 0 Å². The van der Waals surface area contributed by atoms with Crippen molar-refractivity contribution in [3.05, 3.63) is 41.7 Å². The van der Waals surface area contributed by atoms with Gasteiger partial charge in [0, 0.05) is 11.8 Å². The van der Waals surface area contributed by atoms with Crippen LogP contribution in [0, 0.1) is 13.8 Å². The first kappa shape index (κ1) is 13.1. The number of carbonyl (C=O) groups is 1. The fourth-order valence-corrected chi connectivity index (χ4v) is 1.63. The molecule has 0 spiro atoms. The van der Waals surface area contributed by atoms with E-state index in [1.165, 1.54) is 5.56 Å². The first-order valence-electron chi connectivity index (χ1n) is 6.12. The summed E-state index contributed by atoms with van der Waals surface area (Å²) in [5, 5.41) is 9.54. The lowest BCUT2D eigenvalue weighted by Gasteiger charge is -2.14. The maximum absolute atomic E-state index is 11.9. The molecule has 0 saturated heterocycles. The van der Waals surface area contributed by atoms with Crippen LogP contribution in [0.15, 0.2) is 34.9 Å². The SMILES string of the molecule is Cc1ccc(NC(C)C(=O)Nc2cc(C)on2)cc1. The van der Waals surface area contributed by atoms with E-state index in [0.29, 0.717) is 11.6 Å². The highest BCUT2D eigenvalue weighted by molar-refractivity contribution is 5.95. The molecule has 0 aliphatic heterocycles. The summed E-state index contributed by atoms with van der Waals surface area (Å²) in [6.07, 6.45) is 0. The van der Waals surface area contributed by atoms with E-state index in [1.807, 2.05) is 31.2 Å². The average molecular weight is 259 g/mol. The van der Waals surface area contributed by atoms with E-state index in [1.54, 1.807) is 19.9 Å². The van der Waals surface area contributed by atoms with Gasteiger partial charge in [-0.25, -0.2) is 0 Å². The molecule has 1 atom stereocenters. The Morgan fingerprint density at radius 1 is 1.26 bits per heavy atom. The lowest BCUT2D eigenvalue weighted by Crippen LogP contribution is -2.31. The Morgan fingerprint density at radius 2 is 1.95 bits per heavy atom. The van der Waals surface area contributed by atoms with Crippen molar-refractivity contribution in [2.45, 2.75) is 26.8 Å². The Bertz CT molecular complexity index is 560. The number of nitrogens with zero attached hydrogens (tertiary/aromatic N) is 1. The van der Waals surface area contributed by atoms with Gasteiger partial charge in [-0.05, 0) is 32.9 Å². The molecule has 0 aliphatic carbocycles. The maximum Gasteiger partial charge on any atom is 0.247 e. The topological polar surface area (TPSA) is 67.2 Å². The van der Waals surface area contributed by atoms with Crippen molar-refractivity contribution in [2.24, 2.45) is 0 Å². The number of anilines is 2. The number of amides is 1. The highest BCUT2D eigenvalue weighted by atomic mass is 16.5. The summed E-state index contributed by atoms with van der Waals surface area (Å²) in [4.78, 5) is 11.9. The smallest absolute Gasteiger partial charge is 0.247 e. The summed E-state index contributed by atoms with van der Waals surface area (Å²) in [6, 6.07) is 9.19. The molecule has 1 unspecified atom stereocenters. The molecule has 100 valence electrons. The van der Waals surface area contributed by atoms with Crippen molar-refractivity contribution >= 4 is 17.4 Å². The van der Waals surface area contributed by atoms with Crippen LogP contribution in [0.3, 0.4) is 0 Å². The molecule has 0 radical (unpaired) electrons. The molecule has 1 aromatic heterocycles. The Balaban J connectivity index is 1.94. The molecule has 2 aromatic rings. The number of benzene rings is 1. The number of carbonyl (C=O) groups excluding carboxylic acids is 1. The molecule has 1 aromatic carbocycles. The number of hydrogen-bond donors (Lipinski definition) is 2. The summed E-state index contributed by atoms with van der Waals surface area (Å²) in [5.41, 5.74) is 2.09. The number of aryl methyl sites for hydroxylation is 2. The standard InChI is InChI=1S/C14H17N3O2/c1-9-4-6-12(7-5-9)15-11(3)14(18)16-13-8-10(2)19-17-13/h4-8,11,15H,1-3H3,(H,16,17,18). The second-order valence-electron chi connectivity index (χ2n) is 4.54. The van der Waals surface area contributed by atoms with Crippen molar-refractivity contribution in [1.82, 2.24) is 5.16 Å². The number of hydrogen-bond acceptors (Lipinski definition) is 4. The van der Waals surface area contributed by atoms with Crippen molar-refractivity contribution in [3.63, 3.8) is 0 Å². The number of nitrogens with one attached hydrogen (secondary N) is 2. The van der Waals surface area contributed by atoms with Crippen LogP contribution in [0.1, 0.15) is 18.2 Å². The van der Waals surface area contributed by atoms with Gasteiger partial charge in [0.1, 0.15) is 11.8 Å². The summed E-state index contributed by atoms with van der Waals surface area (Å²) < 4.78 is 4.89. The third-order valence-corrected chi connectivity index (χ3v) is 2.71. The minimum absolute atomic E-state index is 0.158. The van der Waals surface area contributed by atoms with Gasteiger partial charge in [-0.3, -0.25) is 4.79 Å². The third kappa shape index (κ3) is 3.58. The van der Waals surface area contributed by atoms with Crippen LogP contribution in [0.2, 0.25) is 0 Å². The monoisotopic (exact) mass is 259 g/mol. The third-order valence-electron chi connectivity index (χ3n) is 2.71. The molecule has 0 fully saturated rings. The molecular weight excluding hydrogens is 242 g/mol. The van der Waals surface area contributed by atoms with Gasteiger partial charge in [0.05, 0.1) is 0 Å². The molecule has 5 nitrogen and oxygen atoms in total. The van der Waals surface area contributed by atoms with Gasteiger partial charge in [0.25, 0.3) is 0 Å². The lowest BCUT2D eigenvalue weighted by atomic mass is 10.2. The highest BCUT2D eigenvalue weighted by Crippen LogP contribution is 2.12. The van der Waals surface area contributed by atoms with Gasteiger partial charge in [0.2, 0.25) is 5.91 Å². The van der Waals surface area contributed by atoms with Crippen molar-refractivity contribution in [3.8, 4) is 0 Å². The van der Waals surface area contributed by atoms with Crippen molar-refractivity contribution < 1.29 is 9.32 Å². The number of aromatic nitrogens is 1. The summed E-state index contributed by atoms with van der Waals surface area (Å²) in [7, 11) is 0. The molecule has 0 aliphatic rings. The largest absolute Gasteiger partial charge is 0.374 e. The zero-order chi connectivity index (χ0) is 13.8. The van der Waals surface area contributed by atoms with Crippen LogP contribution in [0.25, 0.3) is 0 Å². The van der Waals surface area contributed by atoms with Crippen LogP contribution < -0.4 is 10.6 Å². The van der Waals surface area contributed by atoms with E-state index in [2.05, 4.69) is 15.8 Å². The van der Waals surface area contributed by atoms with Crippen LogP contribution in [-0.2, 0) is 4.79 Å². The van der Waals surface area contributed by atoms with E-state index in [9.17, 15) is 4.79 Å². The fraction of sp³-hybridized carbons (Fsp3) is 0.286. The first-order valence-corrected chi connectivity index (χ1v) is 6.12. The van der Waals surface area contributed by atoms with Crippen LogP contribution in [-0.4, -0.2) is 17.1 Å². The Morgan fingerprint density at radius 3 is 2.53 bits per heavy atom. The predicted octanol–water partition coefficient (Wildman–Crippen LogP) is 2.73. The second-order valence-corrected chi connectivity index (χ2v) is 4.54. The zero-order valence-electron chi connectivity index (χ0n) is 11.2. The summed E-state index contributed by atoms with van der Waals surface area (Å²) in [6.45, 7) is 5.59. The van der Waals surface area contributed by atoms with Gasteiger partial charge >= 0.3 is 0 Å². The van der Waals surface area contributed by atoms with Gasteiger partial charge in [-0.2, -0.15) is 0 Å². The Hall–Kier alpha value is -2.30. The van der Waals surface area contributed by atoms with Crippen molar-refractivity contribution in [1.29, 1.82) is 0 Å². The van der Waals surface area contributed by atoms with Gasteiger partial charge in [-0.1, -0.05) is 22.9 Å². The number of rotatable bonds is 4. The van der Waals surface area contributed by atoms with Crippen LogP contribution in [0.4, 0.5) is 11.5 Å². The predicted molar refractivity (Wildman–Crippen MR) is 74.1 cm³/mol. The van der Waals surface area contributed by atoms with E-state index in [4.69, 9.17) is 4.52 Å². The molecule has 1 heterocycles. The summed E-state index contributed by atoms with van der Waals surface area (Å²) in [5.74, 6) is 0.934. The Labute approximate surface area is 112 Å². The maximum atomic E-state index is 11.9. The van der Waals surface area contributed by atoms with Crippen molar-refractivity contribution in [2.75, 3.05) is 10.6 Å². The molecule has 19 heavy (non-hydrogen) atoms. The molecule has 2 rings (SSSR count). The lowest BCUT2D eigenvalue weighted by molar-refractivity contribution is -0.116. The fourth-order valence-electron chi connectivity index (χ4n) is 1.63. The normalized spacial score (nSPS) is 11.9. The first-order chi connectivity index (χ1) is 9.04. The van der Waals surface area contributed by atoms with Gasteiger partial charge in [-0.15, -0.1) is 0 Å². The molecule has 0 saturated carbocycles. The minimum Gasteiger partial charge on any atom is -0.374 e. The second kappa shape index (κ2) is 5.56. The minimum atomic E-state index is -0.361. The van der Waals surface area contributed by atoms with Gasteiger partial charge in [0.15, 0.2) is 5.82 Å². The average Bonchev–Trinajstić information content (AvgIpc) is 2.77. The zero-order valence-corrected chi connectivity index (χ0v) is 11.2. The molecule has 5 heteroatoms. The molecule has 1 amide bonds. The van der Waals surface area contributed by atoms with Crippen LogP contribution >= 0.6 is 0 Å². The van der Waals surface area contributed by atoms with Gasteiger partial charge < -0.3 is 15.2 Å². The quantitative estimate of drug-likeness (QED) is 0.886. The summed E-state index contributed by atoms with van der Waals surface area (Å²) >= 11 is 0. The van der Waals surface area contributed by atoms with Crippen LogP contribution in [0.5, 0.6) is 0 Å². The van der Waals surface area contributed by atoms with E-state index in [-0.39, 0.29) is 11.9 Å². The molecule has 0 bridgehead atoms. The molecular formula is C14H17N3O2. The van der Waals surface area contributed by atoms with E-state index in [0.717, 1.165) is 5.69 Å². The van der Waals surface area contributed by atoms with E-state index >= 15 is 0 Å².